The van der Waals surface area contributed by atoms with Gasteiger partial charge in [-0.2, -0.15) is 0 Å². The highest BCUT2D eigenvalue weighted by molar-refractivity contribution is 6.30. The van der Waals surface area contributed by atoms with Gasteiger partial charge in [-0.15, -0.1) is 0 Å². The van der Waals surface area contributed by atoms with Gasteiger partial charge < -0.3 is 10.1 Å². The molecule has 1 amide bonds. The predicted octanol–water partition coefficient (Wildman–Crippen LogP) is 4.78. The van der Waals surface area contributed by atoms with Crippen LogP contribution in [0.3, 0.4) is 0 Å². The molecule has 1 N–H and O–H groups in total. The number of ether oxygens (including phenoxy) is 1. The fourth-order valence-electron chi connectivity index (χ4n) is 2.46. The van der Waals surface area contributed by atoms with Gasteiger partial charge in [-0.25, -0.2) is 0 Å². The third-order valence-corrected chi connectivity index (χ3v) is 4.37. The zero-order valence-electron chi connectivity index (χ0n) is 16.3. The van der Waals surface area contributed by atoms with Crippen molar-refractivity contribution in [1.29, 1.82) is 0 Å². The molecule has 2 aromatic rings. The number of ketones is 1. The Morgan fingerprint density at radius 1 is 0.929 bits per heavy atom. The zero-order valence-corrected chi connectivity index (χ0v) is 17.0. The zero-order chi connectivity index (χ0) is 20.7. The standard InChI is InChI=1S/C22H24ClNO4/c1-22(2,3)16-6-10-18(11-7-16)24-20(26)14-28-21(27)13-12-19(25)15-4-8-17(23)9-5-15/h4-11H,12-14H2,1-3H3,(H,24,26). The van der Waals surface area contributed by atoms with E-state index in [0.29, 0.717) is 16.3 Å². The Balaban J connectivity index is 1.74. The molecule has 0 unspecified atom stereocenters. The maximum Gasteiger partial charge on any atom is 0.306 e. The summed E-state index contributed by atoms with van der Waals surface area (Å²) in [4.78, 5) is 35.7. The molecule has 28 heavy (non-hydrogen) atoms. The molecule has 2 rings (SSSR count). The Morgan fingerprint density at radius 3 is 2.11 bits per heavy atom. The van der Waals surface area contributed by atoms with Crippen LogP contribution in [0.2, 0.25) is 5.02 Å². The molecular formula is C22H24ClNO4. The molecule has 0 atom stereocenters. The van der Waals surface area contributed by atoms with Crippen molar-refractivity contribution >= 4 is 34.9 Å². The quantitative estimate of drug-likeness (QED) is 0.535. The summed E-state index contributed by atoms with van der Waals surface area (Å²) in [6.45, 7) is 5.93. The molecule has 148 valence electrons. The van der Waals surface area contributed by atoms with E-state index in [1.54, 1.807) is 24.3 Å². The summed E-state index contributed by atoms with van der Waals surface area (Å²) in [6.07, 6.45) is -0.0780. The van der Waals surface area contributed by atoms with Crippen LogP contribution in [-0.2, 0) is 19.7 Å². The predicted molar refractivity (Wildman–Crippen MR) is 110 cm³/mol. The summed E-state index contributed by atoms with van der Waals surface area (Å²) in [5, 5.41) is 3.21. The van der Waals surface area contributed by atoms with Crippen LogP contribution < -0.4 is 5.32 Å². The molecule has 0 bridgehead atoms. The molecule has 0 aliphatic rings. The van der Waals surface area contributed by atoms with E-state index in [4.69, 9.17) is 16.3 Å². The second-order valence-electron chi connectivity index (χ2n) is 7.47. The first-order valence-corrected chi connectivity index (χ1v) is 9.38. The van der Waals surface area contributed by atoms with Crippen LogP contribution in [0.4, 0.5) is 5.69 Å². The number of halogens is 1. The van der Waals surface area contributed by atoms with Crippen molar-refractivity contribution < 1.29 is 19.1 Å². The topological polar surface area (TPSA) is 72.5 Å². The van der Waals surface area contributed by atoms with Gasteiger partial charge in [0.15, 0.2) is 12.4 Å². The Labute approximate surface area is 170 Å². The van der Waals surface area contributed by atoms with E-state index >= 15 is 0 Å². The van der Waals surface area contributed by atoms with Gasteiger partial charge in [0.1, 0.15) is 0 Å². The molecule has 5 nitrogen and oxygen atoms in total. The Bertz CT molecular complexity index is 836. The van der Waals surface area contributed by atoms with Crippen molar-refractivity contribution in [2.45, 2.75) is 39.0 Å². The SMILES string of the molecule is CC(C)(C)c1ccc(NC(=O)COC(=O)CCC(=O)c2ccc(Cl)cc2)cc1. The third-order valence-electron chi connectivity index (χ3n) is 4.12. The molecule has 0 saturated heterocycles. The van der Waals surface area contributed by atoms with Gasteiger partial charge >= 0.3 is 5.97 Å². The molecule has 0 saturated carbocycles. The highest BCUT2D eigenvalue weighted by atomic mass is 35.5. The van der Waals surface area contributed by atoms with Crippen molar-refractivity contribution in [2.75, 3.05) is 11.9 Å². The van der Waals surface area contributed by atoms with Crippen LogP contribution in [0, 0.1) is 0 Å². The summed E-state index contributed by atoms with van der Waals surface area (Å²) in [7, 11) is 0. The van der Waals surface area contributed by atoms with Crippen LogP contribution in [0.5, 0.6) is 0 Å². The van der Waals surface area contributed by atoms with Gasteiger partial charge in [0.2, 0.25) is 0 Å². The monoisotopic (exact) mass is 401 g/mol. The van der Waals surface area contributed by atoms with E-state index in [9.17, 15) is 14.4 Å². The number of benzene rings is 2. The third kappa shape index (κ3) is 6.82. The molecule has 0 heterocycles. The molecular weight excluding hydrogens is 378 g/mol. The summed E-state index contributed by atoms with van der Waals surface area (Å²) in [5.41, 5.74) is 2.30. The number of amides is 1. The average Bonchev–Trinajstić information content (AvgIpc) is 2.64. The van der Waals surface area contributed by atoms with Crippen molar-refractivity contribution in [3.05, 3.63) is 64.7 Å². The van der Waals surface area contributed by atoms with E-state index in [2.05, 4.69) is 26.1 Å². The number of carbonyl (C=O) groups excluding carboxylic acids is 3. The second-order valence-corrected chi connectivity index (χ2v) is 7.90. The fourth-order valence-corrected chi connectivity index (χ4v) is 2.59. The maximum absolute atomic E-state index is 12.0. The Kier molecular flexibility index (Phi) is 7.35. The van der Waals surface area contributed by atoms with Crippen molar-refractivity contribution in [3.8, 4) is 0 Å². The van der Waals surface area contributed by atoms with Crippen LogP contribution in [0.1, 0.15) is 49.5 Å². The number of carbonyl (C=O) groups is 3. The maximum atomic E-state index is 12.0. The van der Waals surface area contributed by atoms with Gasteiger partial charge in [-0.1, -0.05) is 44.5 Å². The lowest BCUT2D eigenvalue weighted by Crippen LogP contribution is -2.21. The lowest BCUT2D eigenvalue weighted by atomic mass is 9.87. The van der Waals surface area contributed by atoms with Gasteiger partial charge in [0.05, 0.1) is 6.42 Å². The minimum absolute atomic E-state index is 0.0103. The number of hydrogen-bond donors (Lipinski definition) is 1. The lowest BCUT2D eigenvalue weighted by molar-refractivity contribution is -0.147. The normalized spacial score (nSPS) is 11.0. The Morgan fingerprint density at radius 2 is 1.54 bits per heavy atom. The molecule has 0 aliphatic heterocycles. The highest BCUT2D eigenvalue weighted by Gasteiger charge is 2.14. The molecule has 6 heteroatoms. The van der Waals surface area contributed by atoms with Gasteiger partial charge in [0.25, 0.3) is 5.91 Å². The molecule has 0 aliphatic carbocycles. The number of Topliss-reactive ketones (excluding diaryl/α,β-unsaturated/α-hetero) is 1. The first-order chi connectivity index (χ1) is 13.1. The first-order valence-electron chi connectivity index (χ1n) is 9.00. The van der Waals surface area contributed by atoms with Crippen LogP contribution >= 0.6 is 11.6 Å². The first kappa shape index (κ1) is 21.6. The largest absolute Gasteiger partial charge is 0.456 e. The summed E-state index contributed by atoms with van der Waals surface area (Å²) < 4.78 is 4.94. The number of esters is 1. The molecule has 0 fully saturated rings. The Hall–Kier alpha value is -2.66. The summed E-state index contributed by atoms with van der Waals surface area (Å²) in [5.74, 6) is -1.21. The fraction of sp³-hybridized carbons (Fsp3) is 0.318. The van der Waals surface area contributed by atoms with Crippen molar-refractivity contribution in [1.82, 2.24) is 0 Å². The van der Waals surface area contributed by atoms with Crippen LogP contribution in [0.15, 0.2) is 48.5 Å². The van der Waals surface area contributed by atoms with E-state index in [1.165, 1.54) is 0 Å². The van der Waals surface area contributed by atoms with Gasteiger partial charge in [0, 0.05) is 22.7 Å². The minimum Gasteiger partial charge on any atom is -0.456 e. The number of anilines is 1. The summed E-state index contributed by atoms with van der Waals surface area (Å²) >= 11 is 5.78. The van der Waals surface area contributed by atoms with E-state index < -0.39 is 18.5 Å². The second kappa shape index (κ2) is 9.51. The molecule has 0 spiro atoms. The minimum atomic E-state index is -0.597. The highest BCUT2D eigenvalue weighted by Crippen LogP contribution is 2.23. The number of rotatable bonds is 7. The van der Waals surface area contributed by atoms with Crippen LogP contribution in [0.25, 0.3) is 0 Å². The summed E-state index contributed by atoms with van der Waals surface area (Å²) in [6, 6.07) is 14.0. The average molecular weight is 402 g/mol. The van der Waals surface area contributed by atoms with E-state index in [1.807, 2.05) is 24.3 Å². The van der Waals surface area contributed by atoms with Crippen molar-refractivity contribution in [2.24, 2.45) is 0 Å². The van der Waals surface area contributed by atoms with E-state index in [0.717, 1.165) is 5.56 Å². The van der Waals surface area contributed by atoms with Gasteiger partial charge in [-0.05, 0) is 47.4 Å². The molecule has 0 aromatic heterocycles. The van der Waals surface area contributed by atoms with Gasteiger partial charge in [-0.3, -0.25) is 14.4 Å². The number of hydrogen-bond acceptors (Lipinski definition) is 4. The van der Waals surface area contributed by atoms with E-state index in [-0.39, 0.29) is 24.0 Å². The lowest BCUT2D eigenvalue weighted by Gasteiger charge is -2.19. The smallest absolute Gasteiger partial charge is 0.306 e. The van der Waals surface area contributed by atoms with Crippen LogP contribution in [-0.4, -0.2) is 24.3 Å². The molecule has 0 radical (unpaired) electrons. The number of nitrogens with one attached hydrogen (secondary N) is 1. The van der Waals surface area contributed by atoms with Crippen molar-refractivity contribution in [3.63, 3.8) is 0 Å². The molecule has 2 aromatic carbocycles.